The summed E-state index contributed by atoms with van der Waals surface area (Å²) in [5.41, 5.74) is 1.09. The summed E-state index contributed by atoms with van der Waals surface area (Å²) in [6.07, 6.45) is 8.03. The Morgan fingerprint density at radius 3 is 2.61 bits per heavy atom. The van der Waals surface area contributed by atoms with Crippen molar-refractivity contribution in [3.8, 4) is 0 Å². The molecule has 2 rings (SSSR count). The minimum atomic E-state index is 0.607. The average Bonchev–Trinajstić information content (AvgIpc) is 2.35. The molecule has 0 unspecified atom stereocenters. The van der Waals surface area contributed by atoms with Crippen molar-refractivity contribution in [1.82, 2.24) is 0 Å². The summed E-state index contributed by atoms with van der Waals surface area (Å²) in [5.74, 6) is 0.959. The number of benzene rings is 1. The Hall–Kier alpha value is 0.0400. The lowest BCUT2D eigenvalue weighted by Gasteiger charge is -2.29. The van der Waals surface area contributed by atoms with Crippen LogP contribution >= 0.6 is 34.2 Å². The van der Waals surface area contributed by atoms with Gasteiger partial charge in [-0.15, -0.1) is 0 Å². The predicted octanol–water partition coefficient (Wildman–Crippen LogP) is 5.72. The molecule has 18 heavy (non-hydrogen) atoms. The third kappa shape index (κ3) is 4.02. The van der Waals surface area contributed by atoms with E-state index in [1.807, 2.05) is 6.07 Å². The molecular formula is C15H21ClIN. The van der Waals surface area contributed by atoms with Crippen LogP contribution in [0.3, 0.4) is 0 Å². The molecule has 1 fully saturated rings. The lowest BCUT2D eigenvalue weighted by molar-refractivity contribution is 0.319. The summed E-state index contributed by atoms with van der Waals surface area (Å²) in [6, 6.07) is 6.84. The topological polar surface area (TPSA) is 12.0 Å². The number of nitrogens with one attached hydrogen (secondary N) is 1. The Kier molecular flexibility index (Phi) is 5.61. The molecule has 0 aromatic heterocycles. The van der Waals surface area contributed by atoms with Crippen LogP contribution < -0.4 is 5.32 Å². The third-order valence-corrected chi connectivity index (χ3v) is 4.82. The second kappa shape index (κ2) is 6.99. The molecule has 0 bridgehead atoms. The molecule has 1 aromatic rings. The van der Waals surface area contributed by atoms with E-state index in [1.165, 1.54) is 42.1 Å². The van der Waals surface area contributed by atoms with E-state index in [0.717, 1.165) is 16.6 Å². The molecule has 0 radical (unpaired) electrons. The standard InChI is InChI=1S/C15H21ClIN/c1-2-3-11-4-7-13(8-5-11)18-15-9-6-12(17)10-14(15)16/h6,9-11,13,18H,2-5,7-8H2,1H3. The smallest absolute Gasteiger partial charge is 0.0648 e. The second-order valence-corrected chi connectivity index (χ2v) is 6.93. The van der Waals surface area contributed by atoms with Gasteiger partial charge in [0.1, 0.15) is 0 Å². The van der Waals surface area contributed by atoms with Crippen LogP contribution in [0.1, 0.15) is 45.4 Å². The van der Waals surface area contributed by atoms with Crippen molar-refractivity contribution in [2.24, 2.45) is 5.92 Å². The maximum atomic E-state index is 6.26. The minimum absolute atomic E-state index is 0.607. The summed E-state index contributed by atoms with van der Waals surface area (Å²) < 4.78 is 1.19. The zero-order chi connectivity index (χ0) is 13.0. The highest BCUT2D eigenvalue weighted by Crippen LogP contribution is 2.31. The SMILES string of the molecule is CCCC1CCC(Nc2ccc(I)cc2Cl)CC1. The van der Waals surface area contributed by atoms with Gasteiger partial charge in [0.25, 0.3) is 0 Å². The average molecular weight is 378 g/mol. The Bertz CT molecular complexity index is 386. The Labute approximate surface area is 129 Å². The normalized spacial score (nSPS) is 23.9. The van der Waals surface area contributed by atoms with Gasteiger partial charge in [0.2, 0.25) is 0 Å². The van der Waals surface area contributed by atoms with E-state index in [9.17, 15) is 0 Å². The van der Waals surface area contributed by atoms with Crippen molar-refractivity contribution in [1.29, 1.82) is 0 Å². The Balaban J connectivity index is 1.87. The van der Waals surface area contributed by atoms with Gasteiger partial charge >= 0.3 is 0 Å². The molecule has 1 aromatic carbocycles. The van der Waals surface area contributed by atoms with Crippen molar-refractivity contribution in [3.05, 3.63) is 26.8 Å². The van der Waals surface area contributed by atoms with Crippen molar-refractivity contribution < 1.29 is 0 Å². The molecule has 1 aliphatic carbocycles. The van der Waals surface area contributed by atoms with Gasteiger partial charge in [-0.05, 0) is 72.4 Å². The van der Waals surface area contributed by atoms with E-state index < -0.39 is 0 Å². The highest BCUT2D eigenvalue weighted by Gasteiger charge is 2.20. The van der Waals surface area contributed by atoms with Crippen molar-refractivity contribution in [3.63, 3.8) is 0 Å². The molecule has 3 heteroatoms. The first-order chi connectivity index (χ1) is 8.69. The predicted molar refractivity (Wildman–Crippen MR) is 88.4 cm³/mol. The molecule has 0 spiro atoms. The van der Waals surface area contributed by atoms with Gasteiger partial charge in [0.05, 0.1) is 10.7 Å². The van der Waals surface area contributed by atoms with Crippen LogP contribution in [-0.4, -0.2) is 6.04 Å². The van der Waals surface area contributed by atoms with Gasteiger partial charge in [0.15, 0.2) is 0 Å². The molecule has 0 atom stereocenters. The number of hydrogen-bond donors (Lipinski definition) is 1. The van der Waals surface area contributed by atoms with Gasteiger partial charge in [-0.3, -0.25) is 0 Å². The maximum absolute atomic E-state index is 6.26. The zero-order valence-corrected chi connectivity index (χ0v) is 13.8. The Morgan fingerprint density at radius 2 is 2.00 bits per heavy atom. The fraction of sp³-hybridized carbons (Fsp3) is 0.600. The van der Waals surface area contributed by atoms with E-state index >= 15 is 0 Å². The number of hydrogen-bond acceptors (Lipinski definition) is 1. The number of rotatable bonds is 4. The van der Waals surface area contributed by atoms with Crippen LogP contribution in [0.15, 0.2) is 18.2 Å². The molecule has 1 aliphatic rings. The van der Waals surface area contributed by atoms with Crippen LogP contribution in [-0.2, 0) is 0 Å². The van der Waals surface area contributed by atoms with Gasteiger partial charge < -0.3 is 5.32 Å². The summed E-state index contributed by atoms with van der Waals surface area (Å²) in [5, 5.41) is 4.45. The van der Waals surface area contributed by atoms with Gasteiger partial charge in [-0.2, -0.15) is 0 Å². The largest absolute Gasteiger partial charge is 0.381 e. The van der Waals surface area contributed by atoms with Gasteiger partial charge in [-0.1, -0.05) is 31.4 Å². The van der Waals surface area contributed by atoms with E-state index in [2.05, 4.69) is 47.0 Å². The summed E-state index contributed by atoms with van der Waals surface area (Å²) in [7, 11) is 0. The monoisotopic (exact) mass is 377 g/mol. The first-order valence-corrected chi connectivity index (χ1v) is 8.36. The number of anilines is 1. The van der Waals surface area contributed by atoms with Crippen LogP contribution in [0.4, 0.5) is 5.69 Å². The lowest BCUT2D eigenvalue weighted by atomic mass is 9.83. The molecule has 1 N–H and O–H groups in total. The Morgan fingerprint density at radius 1 is 1.28 bits per heavy atom. The van der Waals surface area contributed by atoms with Crippen LogP contribution in [0.2, 0.25) is 5.02 Å². The lowest BCUT2D eigenvalue weighted by Crippen LogP contribution is -2.26. The summed E-state index contributed by atoms with van der Waals surface area (Å²) >= 11 is 8.55. The van der Waals surface area contributed by atoms with E-state index in [4.69, 9.17) is 11.6 Å². The number of halogens is 2. The molecular weight excluding hydrogens is 357 g/mol. The van der Waals surface area contributed by atoms with Gasteiger partial charge in [0, 0.05) is 9.61 Å². The quantitative estimate of drug-likeness (QED) is 0.662. The summed E-state index contributed by atoms with van der Waals surface area (Å²) in [6.45, 7) is 2.29. The highest BCUT2D eigenvalue weighted by atomic mass is 127. The van der Waals surface area contributed by atoms with Crippen molar-refractivity contribution >= 4 is 39.9 Å². The van der Waals surface area contributed by atoms with E-state index in [0.29, 0.717) is 6.04 Å². The van der Waals surface area contributed by atoms with Crippen molar-refractivity contribution in [2.45, 2.75) is 51.5 Å². The first-order valence-electron chi connectivity index (χ1n) is 6.90. The molecule has 1 saturated carbocycles. The molecule has 0 saturated heterocycles. The maximum Gasteiger partial charge on any atom is 0.0648 e. The second-order valence-electron chi connectivity index (χ2n) is 5.27. The van der Waals surface area contributed by atoms with Gasteiger partial charge in [-0.25, -0.2) is 0 Å². The first kappa shape index (κ1) is 14.4. The molecule has 0 amide bonds. The van der Waals surface area contributed by atoms with Crippen LogP contribution in [0, 0.1) is 9.49 Å². The van der Waals surface area contributed by atoms with Crippen LogP contribution in [0.5, 0.6) is 0 Å². The highest BCUT2D eigenvalue weighted by molar-refractivity contribution is 14.1. The fourth-order valence-corrected chi connectivity index (χ4v) is 3.74. The molecule has 1 nitrogen and oxygen atoms in total. The van der Waals surface area contributed by atoms with Crippen molar-refractivity contribution in [2.75, 3.05) is 5.32 Å². The fourth-order valence-electron chi connectivity index (χ4n) is 2.83. The minimum Gasteiger partial charge on any atom is -0.381 e. The molecule has 100 valence electrons. The summed E-state index contributed by atoms with van der Waals surface area (Å²) in [4.78, 5) is 0. The van der Waals surface area contributed by atoms with E-state index in [-0.39, 0.29) is 0 Å². The molecule has 0 heterocycles. The third-order valence-electron chi connectivity index (χ3n) is 3.83. The van der Waals surface area contributed by atoms with Crippen LogP contribution in [0.25, 0.3) is 0 Å². The van der Waals surface area contributed by atoms with E-state index in [1.54, 1.807) is 0 Å². The molecule has 0 aliphatic heterocycles. The zero-order valence-electron chi connectivity index (χ0n) is 10.9.